The average molecular weight is 407 g/mol. The number of carboxylic acids is 1. The smallest absolute Gasteiger partial charge is 0.311 e. The molecule has 1 aromatic carbocycles. The van der Waals surface area contributed by atoms with E-state index in [1.807, 2.05) is 18.3 Å². The Bertz CT molecular complexity index is 1020. The molecule has 0 bridgehead atoms. The minimum Gasteiger partial charge on any atom is -0.481 e. The number of carboxylic acid groups (broad SMARTS) is 1. The van der Waals surface area contributed by atoms with Gasteiger partial charge in [0.1, 0.15) is 0 Å². The van der Waals surface area contributed by atoms with Crippen LogP contribution in [0.25, 0.3) is 10.4 Å². The van der Waals surface area contributed by atoms with Gasteiger partial charge in [-0.25, -0.2) is 0 Å². The van der Waals surface area contributed by atoms with Crippen molar-refractivity contribution in [3.05, 3.63) is 58.0 Å². The molecule has 2 nitrogen and oxygen atoms in total. The fourth-order valence-corrected chi connectivity index (χ4v) is 7.53. The number of benzene rings is 1. The lowest BCUT2D eigenvalue weighted by atomic mass is 9.79. The maximum atomic E-state index is 12.6. The van der Waals surface area contributed by atoms with Gasteiger partial charge in [-0.3, -0.25) is 4.79 Å². The molecular weight excluding hydrogens is 376 g/mol. The zero-order chi connectivity index (χ0) is 20.4. The Labute approximate surface area is 177 Å². The zero-order valence-electron chi connectivity index (χ0n) is 17.7. The van der Waals surface area contributed by atoms with Crippen LogP contribution in [0.3, 0.4) is 0 Å². The molecule has 1 N–H and O–H groups in total. The summed E-state index contributed by atoms with van der Waals surface area (Å²) in [5.74, 6) is -0.666. The van der Waals surface area contributed by atoms with Crippen molar-refractivity contribution in [2.75, 3.05) is 0 Å². The molecule has 2 fully saturated rings. The zero-order valence-corrected chi connectivity index (χ0v) is 18.5. The van der Waals surface area contributed by atoms with Crippen molar-refractivity contribution in [1.82, 2.24) is 0 Å². The molecule has 3 aliphatic rings. The van der Waals surface area contributed by atoms with Gasteiger partial charge in [0, 0.05) is 10.3 Å². The van der Waals surface area contributed by atoms with Gasteiger partial charge in [0.25, 0.3) is 0 Å². The van der Waals surface area contributed by atoms with Crippen LogP contribution in [0.2, 0.25) is 0 Å². The third-order valence-electron chi connectivity index (χ3n) is 8.52. The van der Waals surface area contributed by atoms with Crippen molar-refractivity contribution in [3.8, 4) is 10.4 Å². The van der Waals surface area contributed by atoms with E-state index in [9.17, 15) is 9.90 Å². The summed E-state index contributed by atoms with van der Waals surface area (Å²) in [6.45, 7) is 6.31. The predicted octanol–water partition coefficient (Wildman–Crippen LogP) is 6.77. The van der Waals surface area contributed by atoms with Crippen LogP contribution < -0.4 is 0 Å². The number of aliphatic carboxylic acids is 1. The first kappa shape index (κ1) is 19.1. The lowest BCUT2D eigenvalue weighted by Crippen LogP contribution is -2.24. The Balaban J connectivity index is 1.78. The molecule has 2 saturated carbocycles. The number of hydrogen-bond acceptors (Lipinski definition) is 2. The van der Waals surface area contributed by atoms with E-state index in [0.29, 0.717) is 0 Å². The Morgan fingerprint density at radius 2 is 1.79 bits per heavy atom. The first-order chi connectivity index (χ1) is 13.8. The minimum absolute atomic E-state index is 0.318. The van der Waals surface area contributed by atoms with E-state index in [1.54, 1.807) is 0 Å². The SMILES string of the molecule is CC1(C)[C@](C)(C(=O)O)[C@@]1(C=C1CCCC1)c1cccc2c1CCCc1ccsc1-2. The van der Waals surface area contributed by atoms with E-state index in [1.165, 1.54) is 45.5 Å². The molecule has 29 heavy (non-hydrogen) atoms. The summed E-state index contributed by atoms with van der Waals surface area (Å²) in [6, 6.07) is 8.91. The van der Waals surface area contributed by atoms with Crippen LogP contribution in [0, 0.1) is 10.8 Å². The van der Waals surface area contributed by atoms with Crippen LogP contribution >= 0.6 is 11.3 Å². The van der Waals surface area contributed by atoms with Gasteiger partial charge in [0.2, 0.25) is 0 Å². The van der Waals surface area contributed by atoms with Gasteiger partial charge in [-0.2, -0.15) is 0 Å². The van der Waals surface area contributed by atoms with Crippen LogP contribution in [-0.2, 0) is 23.1 Å². The topological polar surface area (TPSA) is 37.3 Å². The first-order valence-corrected chi connectivity index (χ1v) is 11.9. The summed E-state index contributed by atoms with van der Waals surface area (Å²) < 4.78 is 0. The molecule has 3 aliphatic carbocycles. The van der Waals surface area contributed by atoms with E-state index >= 15 is 0 Å². The highest BCUT2D eigenvalue weighted by Crippen LogP contribution is 2.80. The summed E-state index contributed by atoms with van der Waals surface area (Å²) >= 11 is 1.83. The monoisotopic (exact) mass is 406 g/mol. The van der Waals surface area contributed by atoms with Gasteiger partial charge in [0.05, 0.1) is 5.41 Å². The highest BCUT2D eigenvalue weighted by molar-refractivity contribution is 7.13. The first-order valence-electron chi connectivity index (χ1n) is 11.0. The fraction of sp³-hybridized carbons (Fsp3) is 0.500. The van der Waals surface area contributed by atoms with E-state index in [2.05, 4.69) is 49.6 Å². The normalized spacial score (nSPS) is 29.7. The quantitative estimate of drug-likeness (QED) is 0.571. The van der Waals surface area contributed by atoms with Crippen molar-refractivity contribution in [1.29, 1.82) is 0 Å². The number of fused-ring (bicyclic) bond motifs is 3. The number of allylic oxidation sites excluding steroid dienone is 2. The molecule has 5 rings (SSSR count). The molecule has 2 aromatic rings. The van der Waals surface area contributed by atoms with Crippen molar-refractivity contribution in [2.24, 2.45) is 10.8 Å². The second-order valence-corrected chi connectivity index (χ2v) is 10.7. The fourth-order valence-electron chi connectivity index (χ4n) is 6.52. The number of hydrogen-bond donors (Lipinski definition) is 1. The summed E-state index contributed by atoms with van der Waals surface area (Å²) in [7, 11) is 0. The molecular formula is C26H30O2S. The molecule has 0 saturated heterocycles. The van der Waals surface area contributed by atoms with Gasteiger partial charge in [0.15, 0.2) is 0 Å². The van der Waals surface area contributed by atoms with Crippen molar-refractivity contribution >= 4 is 17.3 Å². The summed E-state index contributed by atoms with van der Waals surface area (Å²) in [5.41, 5.74) is 5.38. The van der Waals surface area contributed by atoms with Crippen LogP contribution in [-0.4, -0.2) is 11.1 Å². The molecule has 0 amide bonds. The maximum Gasteiger partial charge on any atom is 0.311 e. The molecule has 0 aliphatic heterocycles. The molecule has 0 spiro atoms. The highest BCUT2D eigenvalue weighted by atomic mass is 32.1. The number of carbonyl (C=O) groups is 1. The van der Waals surface area contributed by atoms with Gasteiger partial charge in [-0.1, -0.05) is 43.7 Å². The Morgan fingerprint density at radius 1 is 1.03 bits per heavy atom. The third-order valence-corrected chi connectivity index (χ3v) is 9.51. The van der Waals surface area contributed by atoms with Gasteiger partial charge >= 0.3 is 5.97 Å². The molecule has 1 heterocycles. The maximum absolute atomic E-state index is 12.6. The van der Waals surface area contributed by atoms with E-state index in [4.69, 9.17) is 0 Å². The second-order valence-electron chi connectivity index (χ2n) is 9.83. The summed E-state index contributed by atoms with van der Waals surface area (Å²) in [5, 5.41) is 12.6. The number of aryl methyl sites for hydroxylation is 1. The van der Waals surface area contributed by atoms with Gasteiger partial charge in [-0.15, -0.1) is 11.3 Å². The van der Waals surface area contributed by atoms with Crippen LogP contribution in [0.5, 0.6) is 0 Å². The molecule has 2 atom stereocenters. The van der Waals surface area contributed by atoms with Gasteiger partial charge in [-0.05, 0) is 91.0 Å². The summed E-state index contributed by atoms with van der Waals surface area (Å²) in [6.07, 6.45) is 10.4. The van der Waals surface area contributed by atoms with Crippen molar-refractivity contribution in [3.63, 3.8) is 0 Å². The minimum atomic E-state index is -0.782. The predicted molar refractivity (Wildman–Crippen MR) is 120 cm³/mol. The Kier molecular flexibility index (Phi) is 4.16. The third kappa shape index (κ3) is 2.31. The van der Waals surface area contributed by atoms with E-state index < -0.39 is 16.8 Å². The molecule has 152 valence electrons. The second kappa shape index (κ2) is 6.31. The average Bonchev–Trinajstić information content (AvgIpc) is 3.18. The molecule has 0 radical (unpaired) electrons. The number of rotatable bonds is 3. The van der Waals surface area contributed by atoms with Gasteiger partial charge < -0.3 is 5.11 Å². The standard InChI is InChI=1S/C26H30O2S/c1-24(2)25(3,23(27)28)26(24,16-17-8-4-5-9-17)21-13-7-12-20-19(21)11-6-10-18-14-15-29-22(18)20/h7,12-16H,4-6,8-11H2,1-3H3,(H,27,28)/t25-,26-/m0/s1. The largest absolute Gasteiger partial charge is 0.481 e. The highest BCUT2D eigenvalue weighted by Gasteiger charge is 2.83. The molecule has 3 heteroatoms. The molecule has 0 unspecified atom stereocenters. The lowest BCUT2D eigenvalue weighted by Gasteiger charge is -2.25. The van der Waals surface area contributed by atoms with Crippen molar-refractivity contribution < 1.29 is 9.90 Å². The van der Waals surface area contributed by atoms with Crippen LogP contribution in [0.15, 0.2) is 41.3 Å². The lowest BCUT2D eigenvalue weighted by molar-refractivity contribution is -0.144. The summed E-state index contributed by atoms with van der Waals surface area (Å²) in [4.78, 5) is 14.0. The van der Waals surface area contributed by atoms with E-state index in [-0.39, 0.29) is 5.41 Å². The number of thiophene rings is 1. The van der Waals surface area contributed by atoms with Crippen molar-refractivity contribution in [2.45, 2.75) is 71.1 Å². The Morgan fingerprint density at radius 3 is 2.48 bits per heavy atom. The van der Waals surface area contributed by atoms with E-state index in [0.717, 1.165) is 32.1 Å². The van der Waals surface area contributed by atoms with Crippen LogP contribution in [0.1, 0.15) is 69.6 Å². The Hall–Kier alpha value is -1.87. The molecule has 1 aromatic heterocycles. The van der Waals surface area contributed by atoms with Crippen LogP contribution in [0.4, 0.5) is 0 Å².